The summed E-state index contributed by atoms with van der Waals surface area (Å²) < 4.78 is 13.6. The van der Waals surface area contributed by atoms with Gasteiger partial charge in [0.1, 0.15) is 11.4 Å². The quantitative estimate of drug-likeness (QED) is 0.484. The predicted molar refractivity (Wildman–Crippen MR) is 96.8 cm³/mol. The van der Waals surface area contributed by atoms with Gasteiger partial charge in [0, 0.05) is 21.6 Å². The zero-order chi connectivity index (χ0) is 18.0. The van der Waals surface area contributed by atoms with Crippen LogP contribution >= 0.6 is 23.5 Å². The molecule has 0 aliphatic carbocycles. The fourth-order valence-electron chi connectivity index (χ4n) is 2.73. The third-order valence-electron chi connectivity index (χ3n) is 3.96. The van der Waals surface area contributed by atoms with E-state index < -0.39 is 10.8 Å². The molecule has 0 aromatic heterocycles. The highest BCUT2D eigenvalue weighted by Gasteiger charge is 2.27. The van der Waals surface area contributed by atoms with E-state index in [-0.39, 0.29) is 23.1 Å². The van der Waals surface area contributed by atoms with Gasteiger partial charge in [-0.1, -0.05) is 0 Å². The number of benzene rings is 2. The Morgan fingerprint density at radius 1 is 1.36 bits per heavy atom. The van der Waals surface area contributed by atoms with Gasteiger partial charge in [-0.3, -0.25) is 14.9 Å². The summed E-state index contributed by atoms with van der Waals surface area (Å²) in [5.41, 5.74) is 0.501. The summed E-state index contributed by atoms with van der Waals surface area (Å²) in [6.45, 7) is 0. The average molecular weight is 378 g/mol. The van der Waals surface area contributed by atoms with Crippen LogP contribution in [0.5, 0.6) is 0 Å². The molecule has 1 unspecified atom stereocenters. The molecule has 3 rings (SSSR count). The summed E-state index contributed by atoms with van der Waals surface area (Å²) in [5, 5.41) is 14.1. The van der Waals surface area contributed by atoms with Crippen LogP contribution in [0, 0.1) is 15.9 Å². The van der Waals surface area contributed by atoms with Gasteiger partial charge in [0.2, 0.25) is 0 Å². The number of carbonyl (C=O) groups is 1. The van der Waals surface area contributed by atoms with E-state index in [2.05, 4.69) is 5.32 Å². The normalized spacial score (nSPS) is 16.2. The molecular formula is C17H15FN2O3S2. The molecule has 25 heavy (non-hydrogen) atoms. The summed E-state index contributed by atoms with van der Waals surface area (Å²) in [7, 11) is 0. The number of nitro benzene ring substituents is 1. The van der Waals surface area contributed by atoms with Gasteiger partial charge in [-0.2, -0.15) is 0 Å². The molecule has 5 nitrogen and oxygen atoms in total. The summed E-state index contributed by atoms with van der Waals surface area (Å²) >= 11 is 3.01. The van der Waals surface area contributed by atoms with Crippen LogP contribution in [-0.4, -0.2) is 22.8 Å². The minimum absolute atomic E-state index is 0.0213. The Labute approximate surface area is 152 Å². The number of amides is 1. The number of nitrogens with one attached hydrogen (secondary N) is 1. The smallest absolute Gasteiger partial charge is 0.282 e. The number of hydrogen-bond donors (Lipinski definition) is 1. The second-order valence-electron chi connectivity index (χ2n) is 5.49. The minimum Gasteiger partial charge on any atom is -0.345 e. The largest absolute Gasteiger partial charge is 0.345 e. The SMILES string of the molecule is CSc1ccc([N+](=O)[O-])c(C(=O)NC2CCSc3ccc(F)cc32)c1. The molecule has 0 radical (unpaired) electrons. The van der Waals surface area contributed by atoms with E-state index in [4.69, 9.17) is 0 Å². The van der Waals surface area contributed by atoms with Gasteiger partial charge >= 0.3 is 0 Å². The van der Waals surface area contributed by atoms with Crippen molar-refractivity contribution in [2.24, 2.45) is 0 Å². The fraction of sp³-hybridized carbons (Fsp3) is 0.235. The number of carbonyl (C=O) groups excluding carboxylic acids is 1. The molecule has 8 heteroatoms. The number of fused-ring (bicyclic) bond motifs is 1. The highest BCUT2D eigenvalue weighted by atomic mass is 32.2. The lowest BCUT2D eigenvalue weighted by Gasteiger charge is -2.26. The van der Waals surface area contributed by atoms with Crippen molar-refractivity contribution in [1.82, 2.24) is 5.32 Å². The van der Waals surface area contributed by atoms with E-state index in [1.807, 2.05) is 6.26 Å². The van der Waals surface area contributed by atoms with Crippen LogP contribution in [0.1, 0.15) is 28.4 Å². The molecule has 1 aliphatic heterocycles. The highest BCUT2D eigenvalue weighted by Crippen LogP contribution is 2.37. The van der Waals surface area contributed by atoms with E-state index in [1.54, 1.807) is 23.9 Å². The molecule has 0 saturated heterocycles. The van der Waals surface area contributed by atoms with E-state index in [1.165, 1.54) is 36.0 Å². The van der Waals surface area contributed by atoms with Crippen LogP contribution in [0.3, 0.4) is 0 Å². The summed E-state index contributed by atoms with van der Waals surface area (Å²) in [6.07, 6.45) is 2.48. The molecule has 130 valence electrons. The van der Waals surface area contributed by atoms with Crippen LogP contribution in [-0.2, 0) is 0 Å². The zero-order valence-corrected chi connectivity index (χ0v) is 15.0. The Hall–Kier alpha value is -2.06. The Morgan fingerprint density at radius 2 is 2.16 bits per heavy atom. The van der Waals surface area contributed by atoms with Crippen molar-refractivity contribution >= 4 is 35.1 Å². The molecule has 2 aromatic rings. The molecule has 0 fully saturated rings. The third kappa shape index (κ3) is 3.80. The van der Waals surface area contributed by atoms with E-state index >= 15 is 0 Å². The molecule has 1 heterocycles. The fourth-order valence-corrected chi connectivity index (χ4v) is 4.28. The van der Waals surface area contributed by atoms with E-state index in [0.717, 1.165) is 15.5 Å². The number of thioether (sulfide) groups is 2. The van der Waals surface area contributed by atoms with Gasteiger partial charge < -0.3 is 5.32 Å². The third-order valence-corrected chi connectivity index (χ3v) is 5.81. The van der Waals surface area contributed by atoms with Crippen LogP contribution in [0.25, 0.3) is 0 Å². The van der Waals surface area contributed by atoms with Crippen LogP contribution < -0.4 is 5.32 Å². The lowest BCUT2D eigenvalue weighted by Crippen LogP contribution is -2.31. The minimum atomic E-state index is -0.566. The lowest BCUT2D eigenvalue weighted by atomic mass is 10.0. The first-order valence-corrected chi connectivity index (χ1v) is 9.76. The molecular weight excluding hydrogens is 363 g/mol. The molecule has 1 aliphatic rings. The van der Waals surface area contributed by atoms with Crippen molar-refractivity contribution in [3.05, 3.63) is 63.5 Å². The van der Waals surface area contributed by atoms with E-state index in [0.29, 0.717) is 12.0 Å². The number of nitro groups is 1. The van der Waals surface area contributed by atoms with Crippen molar-refractivity contribution in [2.45, 2.75) is 22.3 Å². The number of hydrogen-bond acceptors (Lipinski definition) is 5. The van der Waals surface area contributed by atoms with Crippen molar-refractivity contribution in [1.29, 1.82) is 0 Å². The summed E-state index contributed by atoms with van der Waals surface area (Å²) in [5.74, 6) is -0.0955. The maximum Gasteiger partial charge on any atom is 0.282 e. The van der Waals surface area contributed by atoms with Crippen molar-refractivity contribution in [3.8, 4) is 0 Å². The summed E-state index contributed by atoms with van der Waals surface area (Å²) in [4.78, 5) is 25.0. The van der Waals surface area contributed by atoms with Gasteiger partial charge in [0.15, 0.2) is 0 Å². The molecule has 1 N–H and O–H groups in total. The van der Waals surface area contributed by atoms with Gasteiger partial charge in [0.05, 0.1) is 11.0 Å². The Balaban J connectivity index is 1.91. The molecule has 0 saturated carbocycles. The Morgan fingerprint density at radius 3 is 2.88 bits per heavy atom. The molecule has 2 aromatic carbocycles. The van der Waals surface area contributed by atoms with Crippen LogP contribution in [0.2, 0.25) is 0 Å². The zero-order valence-electron chi connectivity index (χ0n) is 13.3. The standard InChI is InChI=1S/C17H15FN2O3S2/c1-24-11-3-4-15(20(22)23)13(9-11)17(21)19-14-6-7-25-16-5-2-10(18)8-12(14)16/h2-5,8-9,14H,6-7H2,1H3,(H,19,21). The Kier molecular flexibility index (Phi) is 5.29. The average Bonchev–Trinajstić information content (AvgIpc) is 2.61. The van der Waals surface area contributed by atoms with Crippen molar-refractivity contribution in [3.63, 3.8) is 0 Å². The predicted octanol–water partition coefficient (Wildman–Crippen LogP) is 4.42. The van der Waals surface area contributed by atoms with Crippen molar-refractivity contribution < 1.29 is 14.1 Å². The van der Waals surface area contributed by atoms with Crippen molar-refractivity contribution in [2.75, 3.05) is 12.0 Å². The molecule has 1 amide bonds. The first-order chi connectivity index (χ1) is 12.0. The van der Waals surface area contributed by atoms with Gasteiger partial charge in [-0.15, -0.1) is 23.5 Å². The van der Waals surface area contributed by atoms with Crippen LogP contribution in [0.4, 0.5) is 10.1 Å². The van der Waals surface area contributed by atoms with Crippen LogP contribution in [0.15, 0.2) is 46.2 Å². The second kappa shape index (κ2) is 7.45. The monoisotopic (exact) mass is 378 g/mol. The topological polar surface area (TPSA) is 72.2 Å². The molecule has 0 spiro atoms. The number of halogens is 1. The highest BCUT2D eigenvalue weighted by molar-refractivity contribution is 7.99. The maximum atomic E-state index is 13.6. The second-order valence-corrected chi connectivity index (χ2v) is 7.50. The first kappa shape index (κ1) is 17.8. The summed E-state index contributed by atoms with van der Waals surface area (Å²) in [6, 6.07) is 8.61. The van der Waals surface area contributed by atoms with E-state index in [9.17, 15) is 19.3 Å². The first-order valence-electron chi connectivity index (χ1n) is 7.55. The number of nitrogens with zero attached hydrogens (tertiary/aromatic N) is 1. The number of rotatable bonds is 4. The molecule has 0 bridgehead atoms. The Bertz CT molecular complexity index is 845. The van der Waals surface area contributed by atoms with Gasteiger partial charge in [-0.25, -0.2) is 4.39 Å². The van der Waals surface area contributed by atoms with Gasteiger partial charge in [-0.05, 0) is 48.6 Å². The molecule has 1 atom stereocenters. The lowest BCUT2D eigenvalue weighted by molar-refractivity contribution is -0.385. The maximum absolute atomic E-state index is 13.6. The van der Waals surface area contributed by atoms with Gasteiger partial charge in [0.25, 0.3) is 11.6 Å².